The Morgan fingerprint density at radius 1 is 0.586 bits per heavy atom. The number of carbonyl (C=O) groups is 2. The topological polar surface area (TPSA) is 312 Å². The van der Waals surface area contributed by atoms with E-state index in [1.165, 1.54) is 26.0 Å². The summed E-state index contributed by atoms with van der Waals surface area (Å²) in [7, 11) is -8.02. The molecule has 0 radical (unpaired) electrons. The number of azo groups is 2. The Morgan fingerprint density at radius 2 is 0.983 bits per heavy atom. The van der Waals surface area contributed by atoms with E-state index in [0.29, 0.717) is 32.9 Å². The second-order valence-electron chi connectivity index (χ2n) is 11.8. The number of nitrogens with zero attached hydrogens (tertiary/aromatic N) is 4. The van der Waals surface area contributed by atoms with Crippen molar-refractivity contribution in [3.05, 3.63) is 97.1 Å². The number of hydrogen-bond acceptors (Lipinski definition) is 14. The number of rotatable bonds is 8. The first kappa shape index (κ1) is 46.9. The van der Waals surface area contributed by atoms with E-state index in [-0.39, 0.29) is 109 Å². The van der Waals surface area contributed by atoms with E-state index >= 15 is 0 Å². The Morgan fingerprint density at radius 3 is 1.41 bits per heavy atom. The summed E-state index contributed by atoms with van der Waals surface area (Å²) in [4.78, 5) is 22.4. The molecule has 0 fully saturated rings. The molecule has 0 aliphatic carbocycles. The van der Waals surface area contributed by atoms with Gasteiger partial charge in [-0.25, -0.2) is 27.1 Å². The van der Waals surface area contributed by atoms with Crippen molar-refractivity contribution in [1.29, 1.82) is 0 Å². The predicted molar refractivity (Wildman–Crippen MR) is 205 cm³/mol. The molecule has 58 heavy (non-hydrogen) atoms. The molecule has 0 unspecified atom stereocenters. The fraction of sp³-hybridized carbons (Fsp3) is 0.0556. The summed E-state index contributed by atoms with van der Waals surface area (Å²) < 4.78 is 45.9. The molecule has 9 N–H and O–H groups in total. The van der Waals surface area contributed by atoms with Gasteiger partial charge < -0.3 is 31.1 Å². The summed E-state index contributed by atoms with van der Waals surface area (Å²) in [6.07, 6.45) is 0. The third-order valence-electron chi connectivity index (χ3n) is 7.66. The number of carbonyl (C=O) groups excluding carboxylic acids is 2. The molecule has 0 saturated heterocycles. The second-order valence-corrected chi connectivity index (χ2v) is 14.9. The summed E-state index contributed by atoms with van der Waals surface area (Å²) in [5, 5.41) is 75.6. The molecular formula is C36H31CrN8NaO10S2. The maximum atomic E-state index is 12.0. The van der Waals surface area contributed by atoms with Crippen molar-refractivity contribution in [3.8, 4) is 23.0 Å². The van der Waals surface area contributed by atoms with Crippen LogP contribution in [0.25, 0.3) is 21.5 Å². The van der Waals surface area contributed by atoms with E-state index in [9.17, 15) is 46.9 Å². The van der Waals surface area contributed by atoms with E-state index in [2.05, 4.69) is 31.1 Å². The number of benzene rings is 6. The van der Waals surface area contributed by atoms with Crippen molar-refractivity contribution in [2.45, 2.75) is 23.6 Å². The number of phenolic OH excluding ortho intramolecular Hbond substituents is 3. The summed E-state index contributed by atoms with van der Waals surface area (Å²) in [5.41, 5.74) is 0.456. The van der Waals surface area contributed by atoms with E-state index < -0.39 is 25.8 Å². The van der Waals surface area contributed by atoms with Crippen LogP contribution in [-0.4, -0.2) is 44.0 Å². The van der Waals surface area contributed by atoms with Crippen molar-refractivity contribution < 1.29 is 93.8 Å². The van der Waals surface area contributed by atoms with Gasteiger partial charge in [-0.1, -0.05) is 48.2 Å². The smallest absolute Gasteiger partial charge is 0.871 e. The molecule has 0 aliphatic heterocycles. The van der Waals surface area contributed by atoms with Crippen LogP contribution in [0.5, 0.6) is 23.0 Å². The predicted octanol–water partition coefficient (Wildman–Crippen LogP) is 2.91. The SMILES string of the molecule is CC(=O)Nc1cccc2ccc(O)c(N=Nc3cc(S(N)(=O)=O)ccc3O)c12.CC(=O)Nc1cccc2ccc(O)c(N=Nc3cc(S(N)(=O)=O)ccc3[O-])c12.[Cr].[Na+]. The molecule has 0 atom stereocenters. The fourth-order valence-electron chi connectivity index (χ4n) is 5.21. The average molecular weight is 875 g/mol. The van der Waals surface area contributed by atoms with E-state index in [1.807, 2.05) is 0 Å². The number of nitrogens with two attached hydrogens (primary N) is 2. The van der Waals surface area contributed by atoms with E-state index in [1.54, 1.807) is 48.5 Å². The van der Waals surface area contributed by atoms with Gasteiger partial charge in [0.2, 0.25) is 31.9 Å². The maximum absolute atomic E-state index is 12.0. The van der Waals surface area contributed by atoms with Crippen LogP contribution in [0.4, 0.5) is 34.1 Å². The number of sulfonamides is 2. The van der Waals surface area contributed by atoms with Crippen molar-refractivity contribution in [2.75, 3.05) is 10.6 Å². The van der Waals surface area contributed by atoms with Gasteiger partial charge in [-0.2, -0.15) is 5.11 Å². The first-order valence-corrected chi connectivity index (χ1v) is 19.0. The number of primary sulfonamides is 2. The molecule has 2 amide bonds. The Hall–Kier alpha value is -5.47. The molecule has 0 aromatic heterocycles. The van der Waals surface area contributed by atoms with Crippen LogP contribution in [0, 0.1) is 0 Å². The molecule has 6 aromatic carbocycles. The molecule has 18 nitrogen and oxygen atoms in total. The summed E-state index contributed by atoms with van der Waals surface area (Å²) in [5.74, 6) is -1.96. The van der Waals surface area contributed by atoms with Crippen LogP contribution in [0.3, 0.4) is 0 Å². The van der Waals surface area contributed by atoms with Crippen LogP contribution in [0.15, 0.2) is 127 Å². The zero-order valence-corrected chi connectivity index (χ0v) is 35.5. The minimum Gasteiger partial charge on any atom is -0.871 e. The standard InChI is InChI=1S/2C18H16N4O5S.Cr.Na/c2*1-10(23)20-13-4-2-3-11-5-7-16(25)18(17(11)13)22-21-14-9-12(28(19,26)27)6-8-15(14)24;;/h2*2-9,24-25H,1H3,(H,20,23)(H2,19,26,27);;/q;;;+1/p-1. The molecule has 22 heteroatoms. The first-order valence-electron chi connectivity index (χ1n) is 15.9. The molecule has 294 valence electrons. The quantitative estimate of drug-likeness (QED) is 0.0866. The van der Waals surface area contributed by atoms with Gasteiger partial charge in [0.15, 0.2) is 0 Å². The summed E-state index contributed by atoms with van der Waals surface area (Å²) >= 11 is 0. The van der Waals surface area contributed by atoms with Crippen molar-refractivity contribution >= 4 is 87.5 Å². The molecule has 6 rings (SSSR count). The molecule has 0 heterocycles. The van der Waals surface area contributed by atoms with Crippen LogP contribution in [-0.2, 0) is 47.0 Å². The van der Waals surface area contributed by atoms with Gasteiger partial charge >= 0.3 is 29.6 Å². The third-order valence-corrected chi connectivity index (χ3v) is 9.49. The molecule has 0 saturated carbocycles. The Labute approximate surface area is 363 Å². The zero-order valence-electron chi connectivity index (χ0n) is 30.6. The largest absolute Gasteiger partial charge is 1.00 e. The van der Waals surface area contributed by atoms with Crippen molar-refractivity contribution in [3.63, 3.8) is 0 Å². The van der Waals surface area contributed by atoms with E-state index in [0.717, 1.165) is 36.4 Å². The molecule has 0 bridgehead atoms. The van der Waals surface area contributed by atoms with Crippen LogP contribution >= 0.6 is 0 Å². The first-order chi connectivity index (χ1) is 26.3. The number of amides is 2. The third kappa shape index (κ3) is 11.3. The minimum absolute atomic E-state index is 0. The fourth-order valence-corrected chi connectivity index (χ4v) is 6.28. The Kier molecular flexibility index (Phi) is 15.6. The summed E-state index contributed by atoms with van der Waals surface area (Å²) in [6.45, 7) is 2.69. The maximum Gasteiger partial charge on any atom is 1.00 e. The number of phenols is 3. The number of fused-ring (bicyclic) bond motifs is 2. The normalized spacial score (nSPS) is 11.4. The van der Waals surface area contributed by atoms with Gasteiger partial charge in [-0.05, 0) is 65.4 Å². The minimum atomic E-state index is -4.03. The molecule has 6 aromatic rings. The number of hydrogen-bond donors (Lipinski definition) is 7. The van der Waals surface area contributed by atoms with Crippen LogP contribution < -0.4 is 55.6 Å². The number of anilines is 2. The van der Waals surface area contributed by atoms with Gasteiger partial charge in [0, 0.05) is 42.0 Å². The summed E-state index contributed by atoms with van der Waals surface area (Å²) in [6, 6.07) is 22.7. The van der Waals surface area contributed by atoms with Gasteiger partial charge in [-0.3, -0.25) is 9.59 Å². The number of nitrogens with one attached hydrogen (secondary N) is 2. The van der Waals surface area contributed by atoms with Gasteiger partial charge in [-0.15, -0.1) is 15.3 Å². The van der Waals surface area contributed by atoms with Gasteiger partial charge in [0.05, 0.1) is 26.9 Å². The van der Waals surface area contributed by atoms with E-state index in [4.69, 9.17) is 10.3 Å². The second kappa shape index (κ2) is 19.3. The van der Waals surface area contributed by atoms with Crippen LogP contribution in [0.2, 0.25) is 0 Å². The molecule has 0 aliphatic rings. The monoisotopic (exact) mass is 874 g/mol. The Balaban J connectivity index is 0.000000300. The van der Waals surface area contributed by atoms with Gasteiger partial charge in [0.1, 0.15) is 34.3 Å². The molecular weight excluding hydrogens is 844 g/mol. The van der Waals surface area contributed by atoms with Gasteiger partial charge in [0.25, 0.3) is 0 Å². The van der Waals surface area contributed by atoms with Crippen molar-refractivity contribution in [2.24, 2.45) is 30.7 Å². The zero-order chi connectivity index (χ0) is 40.9. The Bertz CT molecular complexity index is 2650. The molecule has 0 spiro atoms. The average Bonchev–Trinajstić information content (AvgIpc) is 3.11. The van der Waals surface area contributed by atoms with Crippen molar-refractivity contribution in [1.82, 2.24) is 0 Å². The number of aromatic hydroxyl groups is 3. The van der Waals surface area contributed by atoms with Crippen LogP contribution in [0.1, 0.15) is 13.8 Å².